The van der Waals surface area contributed by atoms with E-state index in [-0.39, 0.29) is 11.1 Å². The number of hydrogen-bond acceptors (Lipinski definition) is 4. The van der Waals surface area contributed by atoms with Crippen LogP contribution in [0.25, 0.3) is 5.57 Å². The van der Waals surface area contributed by atoms with E-state index in [4.69, 9.17) is 32.8 Å². The molecule has 2 rings (SSSR count). The number of hydroxylamine groups is 2. The second kappa shape index (κ2) is 6.92. The van der Waals surface area contributed by atoms with Crippen molar-refractivity contribution in [1.29, 1.82) is 0 Å². The minimum atomic E-state index is -4.66. The molecule has 0 aromatic heterocycles. The summed E-state index contributed by atoms with van der Waals surface area (Å²) in [5.41, 5.74) is -2.91. The van der Waals surface area contributed by atoms with Gasteiger partial charge >= 0.3 is 6.18 Å². The average molecular weight is 414 g/mol. The van der Waals surface area contributed by atoms with Crippen LogP contribution in [-0.4, -0.2) is 35.0 Å². The number of methoxy groups -OCH3 is 1. The molecule has 0 fully saturated rings. The van der Waals surface area contributed by atoms with E-state index in [9.17, 15) is 23.1 Å². The zero-order valence-corrected chi connectivity index (χ0v) is 15.8. The largest absolute Gasteiger partial charge is 0.509 e. The normalized spacial score (nSPS) is 18.7. The molecule has 0 saturated carbocycles. The second-order valence-electron chi connectivity index (χ2n) is 6.10. The Balaban J connectivity index is 2.58. The Bertz CT molecular complexity index is 754. The van der Waals surface area contributed by atoms with E-state index in [0.717, 1.165) is 5.06 Å². The first kappa shape index (κ1) is 20.8. The molecule has 1 atom stereocenters. The first-order valence-corrected chi connectivity index (χ1v) is 8.12. The lowest BCUT2D eigenvalue weighted by molar-refractivity contribution is -0.276. The lowest BCUT2D eigenvalue weighted by Crippen LogP contribution is -2.45. The number of carbonyl (C=O) groups excluding carboxylic acids is 1. The van der Waals surface area contributed by atoms with E-state index in [2.05, 4.69) is 0 Å². The van der Waals surface area contributed by atoms with Crippen molar-refractivity contribution in [2.75, 3.05) is 7.11 Å². The van der Waals surface area contributed by atoms with Gasteiger partial charge in [-0.15, -0.1) is 0 Å². The molecule has 1 unspecified atom stereocenters. The van der Waals surface area contributed by atoms with Crippen LogP contribution in [0.2, 0.25) is 10.0 Å². The number of benzene rings is 1. The number of hydrogen-bond donors (Lipinski definition) is 1. The van der Waals surface area contributed by atoms with Gasteiger partial charge in [0.1, 0.15) is 11.3 Å². The van der Waals surface area contributed by atoms with Gasteiger partial charge < -0.3 is 9.84 Å². The first-order chi connectivity index (χ1) is 11.8. The van der Waals surface area contributed by atoms with Gasteiger partial charge in [-0.25, -0.2) is 9.90 Å². The number of halogens is 5. The number of aliphatic hydroxyl groups is 1. The van der Waals surface area contributed by atoms with Crippen LogP contribution in [0.3, 0.4) is 0 Å². The summed E-state index contributed by atoms with van der Waals surface area (Å²) in [6, 6.07) is 1.29. The average Bonchev–Trinajstić information content (AvgIpc) is 2.67. The molecule has 1 aliphatic heterocycles. The molecular formula is C16H16Cl2F3NO4. The van der Waals surface area contributed by atoms with Gasteiger partial charge in [-0.1, -0.05) is 23.2 Å². The molecule has 0 saturated heterocycles. The van der Waals surface area contributed by atoms with E-state index in [1.165, 1.54) is 27.9 Å². The molecule has 1 N–H and O–H groups in total. The van der Waals surface area contributed by atoms with Gasteiger partial charge in [0.15, 0.2) is 6.29 Å². The number of nitrogens with zero attached hydrogens (tertiary/aromatic N) is 1. The van der Waals surface area contributed by atoms with E-state index in [0.29, 0.717) is 12.1 Å². The molecule has 0 spiro atoms. The summed E-state index contributed by atoms with van der Waals surface area (Å²) >= 11 is 11.9. The Morgan fingerprint density at radius 1 is 1.23 bits per heavy atom. The molecule has 1 aromatic rings. The number of alkyl halides is 3. The number of aliphatic hydroxyl groups excluding tert-OH is 1. The lowest BCUT2D eigenvalue weighted by Gasteiger charge is -2.32. The van der Waals surface area contributed by atoms with Crippen LogP contribution in [0.4, 0.5) is 13.2 Å². The SMILES string of the molecule is COC(C)ON1C(=O)C(c2c(Cl)cc(C(F)(F)F)cc2Cl)=C(O)C1(C)C. The summed E-state index contributed by atoms with van der Waals surface area (Å²) in [7, 11) is 1.36. The van der Waals surface area contributed by atoms with Crippen molar-refractivity contribution in [2.45, 2.75) is 38.8 Å². The Morgan fingerprint density at radius 2 is 1.73 bits per heavy atom. The third kappa shape index (κ3) is 3.51. The van der Waals surface area contributed by atoms with E-state index in [1.54, 1.807) is 0 Å². The maximum absolute atomic E-state index is 12.9. The topological polar surface area (TPSA) is 59.0 Å². The zero-order chi connectivity index (χ0) is 20.0. The van der Waals surface area contributed by atoms with Crippen LogP contribution >= 0.6 is 23.2 Å². The number of ether oxygens (including phenoxy) is 1. The Kier molecular flexibility index (Phi) is 5.54. The molecule has 10 heteroatoms. The van der Waals surface area contributed by atoms with Crippen molar-refractivity contribution in [2.24, 2.45) is 0 Å². The highest BCUT2D eigenvalue weighted by atomic mass is 35.5. The van der Waals surface area contributed by atoms with Crippen molar-refractivity contribution >= 4 is 34.7 Å². The summed E-state index contributed by atoms with van der Waals surface area (Å²) in [6.07, 6.45) is -5.48. The monoisotopic (exact) mass is 413 g/mol. The van der Waals surface area contributed by atoms with Crippen molar-refractivity contribution in [1.82, 2.24) is 5.06 Å². The molecule has 1 aromatic carbocycles. The van der Waals surface area contributed by atoms with Crippen molar-refractivity contribution in [3.8, 4) is 0 Å². The van der Waals surface area contributed by atoms with Crippen LogP contribution in [0.1, 0.15) is 31.9 Å². The maximum Gasteiger partial charge on any atom is 0.416 e. The fourth-order valence-corrected chi connectivity index (χ4v) is 3.11. The predicted molar refractivity (Wildman–Crippen MR) is 89.5 cm³/mol. The molecule has 5 nitrogen and oxygen atoms in total. The second-order valence-corrected chi connectivity index (χ2v) is 6.92. The quantitative estimate of drug-likeness (QED) is 0.718. The lowest BCUT2D eigenvalue weighted by atomic mass is 9.98. The van der Waals surface area contributed by atoms with Crippen molar-refractivity contribution in [3.05, 3.63) is 39.1 Å². The van der Waals surface area contributed by atoms with Gasteiger partial charge in [0.2, 0.25) is 0 Å². The number of amides is 1. The summed E-state index contributed by atoms with van der Waals surface area (Å²) < 4.78 is 43.6. The fraction of sp³-hybridized carbons (Fsp3) is 0.438. The maximum atomic E-state index is 12.9. The molecule has 1 amide bonds. The van der Waals surface area contributed by atoms with Crippen molar-refractivity contribution < 1.29 is 32.6 Å². The molecule has 0 radical (unpaired) electrons. The molecule has 0 aliphatic carbocycles. The smallest absolute Gasteiger partial charge is 0.416 e. The van der Waals surface area contributed by atoms with Gasteiger partial charge in [-0.05, 0) is 32.9 Å². The first-order valence-electron chi connectivity index (χ1n) is 7.36. The standard InChI is InChI=1S/C16H16Cl2F3NO4/c1-7(25-4)26-22-14(24)12(13(23)15(22,2)3)11-9(17)5-8(6-10(11)18)16(19,20)21/h5-7,23H,1-4H3. The van der Waals surface area contributed by atoms with Gasteiger partial charge in [0, 0.05) is 12.7 Å². The molecule has 144 valence electrons. The minimum Gasteiger partial charge on any atom is -0.509 e. The van der Waals surface area contributed by atoms with E-state index >= 15 is 0 Å². The minimum absolute atomic E-state index is 0.201. The molecule has 0 bridgehead atoms. The third-order valence-corrected chi connectivity index (χ3v) is 4.52. The van der Waals surface area contributed by atoms with Gasteiger partial charge in [-0.3, -0.25) is 4.79 Å². The highest BCUT2D eigenvalue weighted by Crippen LogP contribution is 2.45. The van der Waals surface area contributed by atoms with Crippen LogP contribution in [-0.2, 0) is 20.5 Å². The fourth-order valence-electron chi connectivity index (χ4n) is 2.43. The zero-order valence-electron chi connectivity index (χ0n) is 14.2. The van der Waals surface area contributed by atoms with Crippen LogP contribution in [0.15, 0.2) is 17.9 Å². The Morgan fingerprint density at radius 3 is 2.15 bits per heavy atom. The number of carbonyl (C=O) groups is 1. The highest BCUT2D eigenvalue weighted by Gasteiger charge is 2.49. The van der Waals surface area contributed by atoms with Crippen molar-refractivity contribution in [3.63, 3.8) is 0 Å². The summed E-state index contributed by atoms with van der Waals surface area (Å²) in [5.74, 6) is -1.24. The van der Waals surface area contributed by atoms with E-state index < -0.39 is 45.3 Å². The van der Waals surface area contributed by atoms with Gasteiger partial charge in [-0.2, -0.15) is 13.2 Å². The van der Waals surface area contributed by atoms with Gasteiger partial charge in [0.05, 0.1) is 21.2 Å². The van der Waals surface area contributed by atoms with Gasteiger partial charge in [0.25, 0.3) is 5.91 Å². The summed E-state index contributed by atoms with van der Waals surface area (Å²) in [5, 5.41) is 10.6. The molecular weight excluding hydrogens is 398 g/mol. The number of rotatable bonds is 4. The molecule has 1 heterocycles. The predicted octanol–water partition coefficient (Wildman–Crippen LogP) is 4.83. The van der Waals surface area contributed by atoms with Crippen LogP contribution in [0, 0.1) is 0 Å². The van der Waals surface area contributed by atoms with Crippen LogP contribution < -0.4 is 0 Å². The van der Waals surface area contributed by atoms with E-state index in [1.807, 2.05) is 0 Å². The Hall–Kier alpha value is -1.48. The molecule has 26 heavy (non-hydrogen) atoms. The summed E-state index contributed by atoms with van der Waals surface area (Å²) in [4.78, 5) is 18.1. The third-order valence-electron chi connectivity index (χ3n) is 3.93. The highest BCUT2D eigenvalue weighted by molar-refractivity contribution is 6.41. The van der Waals surface area contributed by atoms with Crippen LogP contribution in [0.5, 0.6) is 0 Å². The Labute approximate surface area is 157 Å². The summed E-state index contributed by atoms with van der Waals surface area (Å²) in [6.45, 7) is 4.50. The molecule has 1 aliphatic rings.